The quantitative estimate of drug-likeness (QED) is 0.368. The number of amides is 1. The average Bonchev–Trinajstić information content (AvgIpc) is 3.38. The Bertz CT molecular complexity index is 747. The van der Waals surface area contributed by atoms with Gasteiger partial charge in [-0.05, 0) is 63.3 Å². The minimum absolute atomic E-state index is 0.0141. The minimum Gasteiger partial charge on any atom is -0.357 e. The standard InChI is InChI=1S/C23H36FN5O/c1-4-25-22(27-17-23(11-12-23)18-8-5-9-19(24)16-18)26-13-7-15-29-14-6-10-20(29)21(30)28(2)3/h5,8-9,16,20H,4,6-7,10-15,17H2,1-3H3,(H2,25,26,27). The van der Waals surface area contributed by atoms with Gasteiger partial charge < -0.3 is 15.5 Å². The topological polar surface area (TPSA) is 60.0 Å². The maximum Gasteiger partial charge on any atom is 0.239 e. The van der Waals surface area contributed by atoms with Gasteiger partial charge in [0.1, 0.15) is 5.82 Å². The average molecular weight is 418 g/mol. The van der Waals surface area contributed by atoms with Crippen molar-refractivity contribution in [3.8, 4) is 0 Å². The highest BCUT2D eigenvalue weighted by Gasteiger charge is 2.44. The fraction of sp³-hybridized carbons (Fsp3) is 0.652. The van der Waals surface area contributed by atoms with Gasteiger partial charge in [0.2, 0.25) is 5.91 Å². The molecule has 1 aliphatic heterocycles. The number of halogens is 1. The molecule has 1 saturated carbocycles. The lowest BCUT2D eigenvalue weighted by Crippen LogP contribution is -2.44. The van der Waals surface area contributed by atoms with Crippen LogP contribution < -0.4 is 10.6 Å². The molecule has 30 heavy (non-hydrogen) atoms. The molecule has 1 atom stereocenters. The number of likely N-dealkylation sites (tertiary alicyclic amines) is 1. The van der Waals surface area contributed by atoms with E-state index >= 15 is 0 Å². The molecule has 1 unspecified atom stereocenters. The SMILES string of the molecule is CCNC(=NCC1(c2cccc(F)c2)CC1)NCCCN1CCCC1C(=O)N(C)C. The Morgan fingerprint density at radius 3 is 2.80 bits per heavy atom. The molecule has 1 aliphatic carbocycles. The fourth-order valence-corrected chi connectivity index (χ4v) is 4.24. The number of carbonyl (C=O) groups excluding carboxylic acids is 1. The van der Waals surface area contributed by atoms with Gasteiger partial charge in [-0.15, -0.1) is 0 Å². The first-order valence-electron chi connectivity index (χ1n) is 11.2. The van der Waals surface area contributed by atoms with E-state index in [2.05, 4.69) is 22.5 Å². The minimum atomic E-state index is -0.180. The molecule has 0 aromatic heterocycles. The normalized spacial score (nSPS) is 20.8. The van der Waals surface area contributed by atoms with Crippen LogP contribution in [0.25, 0.3) is 0 Å². The van der Waals surface area contributed by atoms with Gasteiger partial charge in [-0.3, -0.25) is 14.7 Å². The van der Waals surface area contributed by atoms with Crippen LogP contribution in [0.1, 0.15) is 44.6 Å². The summed E-state index contributed by atoms with van der Waals surface area (Å²) in [5, 5.41) is 6.72. The first-order chi connectivity index (χ1) is 14.4. The Labute approximate surface area is 179 Å². The molecule has 2 N–H and O–H groups in total. The molecule has 1 heterocycles. The fourth-order valence-electron chi connectivity index (χ4n) is 4.24. The Hall–Kier alpha value is -2.15. The number of aliphatic imine (C=N–C) groups is 1. The number of hydrogen-bond acceptors (Lipinski definition) is 3. The van der Waals surface area contributed by atoms with Gasteiger partial charge in [0, 0.05) is 39.1 Å². The van der Waals surface area contributed by atoms with Crippen molar-refractivity contribution in [3.63, 3.8) is 0 Å². The van der Waals surface area contributed by atoms with Crippen LogP contribution in [-0.2, 0) is 10.2 Å². The molecule has 6 nitrogen and oxygen atoms in total. The molecule has 1 saturated heterocycles. The van der Waals surface area contributed by atoms with Crippen LogP contribution in [0, 0.1) is 5.82 Å². The third kappa shape index (κ3) is 5.72. The molecule has 1 aromatic carbocycles. The van der Waals surface area contributed by atoms with E-state index < -0.39 is 0 Å². The highest BCUT2D eigenvalue weighted by Crippen LogP contribution is 2.48. The van der Waals surface area contributed by atoms with Gasteiger partial charge in [-0.1, -0.05) is 12.1 Å². The molecule has 2 fully saturated rings. The second-order valence-corrected chi connectivity index (χ2v) is 8.69. The molecular formula is C23H36FN5O. The van der Waals surface area contributed by atoms with Crippen molar-refractivity contribution in [3.05, 3.63) is 35.6 Å². The van der Waals surface area contributed by atoms with Crippen LogP contribution in [0.4, 0.5) is 4.39 Å². The summed E-state index contributed by atoms with van der Waals surface area (Å²) in [4.78, 5) is 21.1. The van der Waals surface area contributed by atoms with Gasteiger partial charge in [0.05, 0.1) is 12.6 Å². The highest BCUT2D eigenvalue weighted by atomic mass is 19.1. The smallest absolute Gasteiger partial charge is 0.239 e. The van der Waals surface area contributed by atoms with Crippen LogP contribution in [0.15, 0.2) is 29.3 Å². The van der Waals surface area contributed by atoms with Crippen LogP contribution in [-0.4, -0.2) is 74.5 Å². The maximum absolute atomic E-state index is 13.6. The number of likely N-dealkylation sites (N-methyl/N-ethyl adjacent to an activating group) is 1. The third-order valence-corrected chi connectivity index (χ3v) is 6.18. The van der Waals surface area contributed by atoms with Gasteiger partial charge in [0.25, 0.3) is 0 Å². The Morgan fingerprint density at radius 2 is 2.13 bits per heavy atom. The summed E-state index contributed by atoms with van der Waals surface area (Å²) < 4.78 is 13.6. The first kappa shape index (κ1) is 22.5. The van der Waals surface area contributed by atoms with E-state index in [9.17, 15) is 9.18 Å². The third-order valence-electron chi connectivity index (χ3n) is 6.18. The highest BCUT2D eigenvalue weighted by molar-refractivity contribution is 5.81. The summed E-state index contributed by atoms with van der Waals surface area (Å²) in [5.41, 5.74) is 1.03. The van der Waals surface area contributed by atoms with Crippen molar-refractivity contribution in [1.29, 1.82) is 0 Å². The molecule has 166 valence electrons. The molecule has 0 bridgehead atoms. The van der Waals surface area contributed by atoms with Gasteiger partial charge in [0.15, 0.2) is 5.96 Å². The summed E-state index contributed by atoms with van der Waals surface area (Å²) in [7, 11) is 3.66. The summed E-state index contributed by atoms with van der Waals surface area (Å²) in [6, 6.07) is 6.95. The second-order valence-electron chi connectivity index (χ2n) is 8.69. The monoisotopic (exact) mass is 417 g/mol. The molecule has 7 heteroatoms. The van der Waals surface area contributed by atoms with E-state index in [-0.39, 0.29) is 23.2 Å². The molecular weight excluding hydrogens is 381 g/mol. The van der Waals surface area contributed by atoms with Crippen LogP contribution in [0.5, 0.6) is 0 Å². The molecule has 2 aliphatic rings. The number of rotatable bonds is 9. The molecule has 1 amide bonds. The second kappa shape index (κ2) is 10.2. The zero-order valence-corrected chi connectivity index (χ0v) is 18.6. The van der Waals surface area contributed by atoms with Crippen LogP contribution >= 0.6 is 0 Å². The first-order valence-corrected chi connectivity index (χ1v) is 11.2. The number of carbonyl (C=O) groups is 1. The number of hydrogen-bond donors (Lipinski definition) is 2. The van der Waals surface area contributed by atoms with Crippen molar-refractivity contribution < 1.29 is 9.18 Å². The zero-order valence-electron chi connectivity index (χ0n) is 18.6. The van der Waals surface area contributed by atoms with E-state index in [1.165, 1.54) is 6.07 Å². The number of nitrogens with zero attached hydrogens (tertiary/aromatic N) is 3. The molecule has 0 spiro atoms. The van der Waals surface area contributed by atoms with Crippen LogP contribution in [0.3, 0.4) is 0 Å². The van der Waals surface area contributed by atoms with Crippen molar-refractivity contribution in [2.45, 2.75) is 50.5 Å². The predicted octanol–water partition coefficient (Wildman–Crippen LogP) is 2.36. The van der Waals surface area contributed by atoms with Crippen molar-refractivity contribution in [2.75, 3.05) is 46.8 Å². The molecule has 0 radical (unpaired) electrons. The lowest BCUT2D eigenvalue weighted by molar-refractivity contribution is -0.133. The van der Waals surface area contributed by atoms with Crippen LogP contribution in [0.2, 0.25) is 0 Å². The summed E-state index contributed by atoms with van der Waals surface area (Å²) in [5.74, 6) is 0.839. The van der Waals surface area contributed by atoms with E-state index in [4.69, 9.17) is 4.99 Å². The van der Waals surface area contributed by atoms with Crippen molar-refractivity contribution >= 4 is 11.9 Å². The van der Waals surface area contributed by atoms with E-state index in [1.54, 1.807) is 17.0 Å². The van der Waals surface area contributed by atoms with E-state index in [1.807, 2.05) is 20.2 Å². The van der Waals surface area contributed by atoms with E-state index in [0.29, 0.717) is 6.54 Å². The van der Waals surface area contributed by atoms with Gasteiger partial charge >= 0.3 is 0 Å². The van der Waals surface area contributed by atoms with Gasteiger partial charge in [-0.2, -0.15) is 0 Å². The zero-order chi connectivity index (χ0) is 21.6. The number of benzene rings is 1. The summed E-state index contributed by atoms with van der Waals surface area (Å²) in [6.07, 6.45) is 5.10. The lowest BCUT2D eigenvalue weighted by atomic mass is 9.96. The predicted molar refractivity (Wildman–Crippen MR) is 119 cm³/mol. The maximum atomic E-state index is 13.6. The Balaban J connectivity index is 1.48. The summed E-state index contributed by atoms with van der Waals surface area (Å²) >= 11 is 0. The van der Waals surface area contributed by atoms with E-state index in [0.717, 1.165) is 69.8 Å². The number of guanidine groups is 1. The lowest BCUT2D eigenvalue weighted by Gasteiger charge is -2.26. The summed E-state index contributed by atoms with van der Waals surface area (Å²) in [6.45, 7) is 6.22. The molecule has 3 rings (SSSR count). The molecule has 1 aromatic rings. The van der Waals surface area contributed by atoms with Gasteiger partial charge in [-0.25, -0.2) is 4.39 Å². The Kier molecular flexibility index (Phi) is 7.69. The van der Waals surface area contributed by atoms with Crippen molar-refractivity contribution in [2.24, 2.45) is 4.99 Å². The number of nitrogens with one attached hydrogen (secondary N) is 2. The van der Waals surface area contributed by atoms with Crippen molar-refractivity contribution in [1.82, 2.24) is 20.4 Å². The Morgan fingerprint density at radius 1 is 1.33 bits per heavy atom. The largest absolute Gasteiger partial charge is 0.357 e.